The molecule has 4 rings (SSSR count). The summed E-state index contributed by atoms with van der Waals surface area (Å²) in [5.41, 5.74) is 1.92. The van der Waals surface area contributed by atoms with Crippen LogP contribution in [0.2, 0.25) is 0 Å². The van der Waals surface area contributed by atoms with Crippen LogP contribution in [0.3, 0.4) is 0 Å². The molecule has 1 amide bonds. The van der Waals surface area contributed by atoms with E-state index in [0.717, 1.165) is 22.2 Å². The fourth-order valence-corrected chi connectivity index (χ4v) is 5.21. The van der Waals surface area contributed by atoms with Gasteiger partial charge in [0.2, 0.25) is 0 Å². The Balaban J connectivity index is 1.60. The molecule has 1 unspecified atom stereocenters. The van der Waals surface area contributed by atoms with Gasteiger partial charge in [0.15, 0.2) is 11.5 Å². The number of para-hydroxylation sites is 1. The number of methoxy groups -OCH3 is 1. The first-order valence-electron chi connectivity index (χ1n) is 12.3. The third-order valence-electron chi connectivity index (χ3n) is 5.86. The van der Waals surface area contributed by atoms with Crippen molar-refractivity contribution in [3.63, 3.8) is 0 Å². The summed E-state index contributed by atoms with van der Waals surface area (Å²) in [6, 6.07) is 17.6. The van der Waals surface area contributed by atoms with Gasteiger partial charge in [-0.1, -0.05) is 60.4 Å². The number of aliphatic carboxylic acids is 1. The first-order chi connectivity index (χ1) is 19.9. The summed E-state index contributed by atoms with van der Waals surface area (Å²) in [5.74, 6) is -0.776. The summed E-state index contributed by atoms with van der Waals surface area (Å²) in [7, 11) is 1.55. The average molecular weight is 620 g/mol. The van der Waals surface area contributed by atoms with E-state index >= 15 is 0 Å². The summed E-state index contributed by atoms with van der Waals surface area (Å²) in [5, 5.41) is 9.09. The number of halogens is 3. The number of alkyl halides is 3. The lowest BCUT2D eigenvalue weighted by Gasteiger charge is -2.20. The van der Waals surface area contributed by atoms with Crippen molar-refractivity contribution in [3.05, 3.63) is 88.3 Å². The number of rotatable bonds is 11. The molecule has 13 heteroatoms. The second kappa shape index (κ2) is 13.2. The zero-order valence-electron chi connectivity index (χ0n) is 22.2. The van der Waals surface area contributed by atoms with Crippen LogP contribution in [-0.4, -0.2) is 46.2 Å². The number of hydrogen-bond donors (Lipinski definition) is 1. The van der Waals surface area contributed by atoms with Crippen LogP contribution in [0.1, 0.15) is 29.7 Å². The largest absolute Gasteiger partial charge is 0.573 e. The SMILES string of the molecule is COc1ccccc1C(C)Oc1cc(/C=C2\SC(=S)N(CC(=O)O)C2=O)ccc1OCc1ccc(OC(F)(F)F)cc1. The number of carboxylic acid groups (broad SMARTS) is 1. The van der Waals surface area contributed by atoms with Crippen LogP contribution >= 0.6 is 24.0 Å². The van der Waals surface area contributed by atoms with E-state index in [1.807, 2.05) is 25.1 Å². The van der Waals surface area contributed by atoms with Gasteiger partial charge in [-0.3, -0.25) is 14.5 Å². The maximum Gasteiger partial charge on any atom is 0.573 e. The van der Waals surface area contributed by atoms with Gasteiger partial charge in [0.1, 0.15) is 35.1 Å². The van der Waals surface area contributed by atoms with E-state index in [9.17, 15) is 22.8 Å². The van der Waals surface area contributed by atoms with E-state index in [1.54, 1.807) is 37.5 Å². The molecule has 3 aromatic carbocycles. The van der Waals surface area contributed by atoms with E-state index in [2.05, 4.69) is 4.74 Å². The molecular formula is C29H24F3NO7S2. The van der Waals surface area contributed by atoms with Crippen molar-refractivity contribution < 1.29 is 46.8 Å². The van der Waals surface area contributed by atoms with Crippen molar-refractivity contribution in [3.8, 4) is 23.0 Å². The Kier molecular flexibility index (Phi) is 9.63. The molecule has 1 fully saturated rings. The molecule has 0 aliphatic carbocycles. The monoisotopic (exact) mass is 619 g/mol. The summed E-state index contributed by atoms with van der Waals surface area (Å²) < 4.78 is 59.2. The number of thiocarbonyl (C=S) groups is 1. The van der Waals surface area contributed by atoms with Gasteiger partial charge in [0.05, 0.1) is 12.0 Å². The van der Waals surface area contributed by atoms with Crippen LogP contribution in [0, 0.1) is 0 Å². The predicted octanol–water partition coefficient (Wildman–Crippen LogP) is 6.60. The smallest absolute Gasteiger partial charge is 0.496 e. The maximum absolute atomic E-state index is 12.7. The van der Waals surface area contributed by atoms with E-state index in [1.165, 1.54) is 24.3 Å². The lowest BCUT2D eigenvalue weighted by Crippen LogP contribution is -2.33. The number of carbonyl (C=O) groups is 2. The standard InChI is InChI=1S/C29H24F3NO7S2/c1-17(21-5-3-4-6-22(21)37-2)39-24-13-19(14-25-27(36)33(15-26(34)35)28(41)42-25)9-12-23(24)38-16-18-7-10-20(11-8-18)40-29(30,31)32/h3-14,17H,15-16H2,1-2H3,(H,34,35)/b25-14-. The van der Waals surface area contributed by atoms with Gasteiger partial charge >= 0.3 is 12.3 Å². The van der Waals surface area contributed by atoms with Crippen molar-refractivity contribution in [1.82, 2.24) is 4.90 Å². The molecule has 220 valence electrons. The highest BCUT2D eigenvalue weighted by Crippen LogP contribution is 2.38. The molecule has 1 heterocycles. The second-order valence-electron chi connectivity index (χ2n) is 8.85. The molecule has 0 radical (unpaired) electrons. The Bertz CT molecular complexity index is 1510. The van der Waals surface area contributed by atoms with Gasteiger partial charge in [-0.15, -0.1) is 13.2 Å². The molecule has 1 N–H and O–H groups in total. The van der Waals surface area contributed by atoms with Crippen LogP contribution in [0.15, 0.2) is 71.6 Å². The summed E-state index contributed by atoms with van der Waals surface area (Å²) >= 11 is 6.16. The average Bonchev–Trinajstić information content (AvgIpc) is 3.19. The number of carboxylic acids is 1. The van der Waals surface area contributed by atoms with E-state index < -0.39 is 30.9 Å². The number of hydrogen-bond acceptors (Lipinski definition) is 8. The highest BCUT2D eigenvalue weighted by molar-refractivity contribution is 8.26. The van der Waals surface area contributed by atoms with Crippen LogP contribution in [0.4, 0.5) is 13.2 Å². The van der Waals surface area contributed by atoms with Crippen LogP contribution < -0.4 is 18.9 Å². The third kappa shape index (κ3) is 7.95. The zero-order chi connectivity index (χ0) is 30.4. The van der Waals surface area contributed by atoms with Gasteiger partial charge < -0.3 is 24.1 Å². The summed E-state index contributed by atoms with van der Waals surface area (Å²) in [6.07, 6.45) is -3.71. The molecule has 1 aliphatic heterocycles. The molecule has 1 saturated heterocycles. The van der Waals surface area contributed by atoms with Crippen molar-refractivity contribution >= 4 is 46.3 Å². The molecule has 0 saturated carbocycles. The number of ether oxygens (including phenoxy) is 4. The van der Waals surface area contributed by atoms with E-state index in [0.29, 0.717) is 28.4 Å². The highest BCUT2D eigenvalue weighted by Gasteiger charge is 2.33. The lowest BCUT2D eigenvalue weighted by molar-refractivity contribution is -0.274. The Morgan fingerprint density at radius 2 is 1.79 bits per heavy atom. The molecular weight excluding hydrogens is 595 g/mol. The molecule has 1 aliphatic rings. The number of thioether (sulfide) groups is 1. The van der Waals surface area contributed by atoms with Gasteiger partial charge in [-0.2, -0.15) is 0 Å². The van der Waals surface area contributed by atoms with E-state index in [-0.39, 0.29) is 21.6 Å². The number of benzene rings is 3. The predicted molar refractivity (Wildman–Crippen MR) is 153 cm³/mol. The Hall–Kier alpha value is -4.23. The minimum Gasteiger partial charge on any atom is -0.496 e. The normalized spacial score (nSPS) is 15.1. The highest BCUT2D eigenvalue weighted by atomic mass is 32.2. The number of amides is 1. The molecule has 0 aromatic heterocycles. The van der Waals surface area contributed by atoms with Gasteiger partial charge in [-0.25, -0.2) is 0 Å². The number of nitrogens with zero attached hydrogens (tertiary/aromatic N) is 1. The van der Waals surface area contributed by atoms with Crippen LogP contribution in [0.5, 0.6) is 23.0 Å². The minimum atomic E-state index is -4.79. The first-order valence-corrected chi connectivity index (χ1v) is 13.5. The molecule has 3 aromatic rings. The maximum atomic E-state index is 12.7. The lowest BCUT2D eigenvalue weighted by atomic mass is 10.1. The summed E-state index contributed by atoms with van der Waals surface area (Å²) in [6.45, 7) is 1.30. The summed E-state index contributed by atoms with van der Waals surface area (Å²) in [4.78, 5) is 25.1. The van der Waals surface area contributed by atoms with Gasteiger partial charge in [-0.05, 0) is 54.5 Å². The molecule has 8 nitrogen and oxygen atoms in total. The Morgan fingerprint density at radius 1 is 1.07 bits per heavy atom. The molecule has 0 spiro atoms. The topological polar surface area (TPSA) is 94.5 Å². The van der Waals surface area contributed by atoms with Crippen molar-refractivity contribution in [2.24, 2.45) is 0 Å². The van der Waals surface area contributed by atoms with E-state index in [4.69, 9.17) is 31.5 Å². The van der Waals surface area contributed by atoms with Crippen molar-refractivity contribution in [2.45, 2.75) is 26.0 Å². The first kappa shape index (κ1) is 30.7. The van der Waals surface area contributed by atoms with Crippen LogP contribution in [-0.2, 0) is 16.2 Å². The fourth-order valence-electron chi connectivity index (χ4n) is 3.95. The second-order valence-corrected chi connectivity index (χ2v) is 10.5. The van der Waals surface area contributed by atoms with Gasteiger partial charge in [0.25, 0.3) is 5.91 Å². The van der Waals surface area contributed by atoms with Crippen molar-refractivity contribution in [1.29, 1.82) is 0 Å². The fraction of sp³-hybridized carbons (Fsp3) is 0.207. The number of carbonyl (C=O) groups excluding carboxylic acids is 1. The van der Waals surface area contributed by atoms with Crippen LogP contribution in [0.25, 0.3) is 6.08 Å². The minimum absolute atomic E-state index is 0.0128. The van der Waals surface area contributed by atoms with Gasteiger partial charge in [0, 0.05) is 5.56 Å². The zero-order valence-corrected chi connectivity index (χ0v) is 23.8. The quantitative estimate of drug-likeness (QED) is 0.188. The Morgan fingerprint density at radius 3 is 2.45 bits per heavy atom. The molecule has 42 heavy (non-hydrogen) atoms. The molecule has 1 atom stereocenters. The van der Waals surface area contributed by atoms with Crippen molar-refractivity contribution in [2.75, 3.05) is 13.7 Å². The molecule has 0 bridgehead atoms. The Labute approximate surface area is 248 Å². The third-order valence-corrected chi connectivity index (χ3v) is 7.24.